The van der Waals surface area contributed by atoms with Crippen LogP contribution in [0.1, 0.15) is 24.3 Å². The summed E-state index contributed by atoms with van der Waals surface area (Å²) >= 11 is 6.06. The molecule has 1 atom stereocenters. The van der Waals surface area contributed by atoms with E-state index in [0.717, 1.165) is 42.6 Å². The van der Waals surface area contributed by atoms with Gasteiger partial charge in [-0.25, -0.2) is 4.39 Å². The number of hydrogen-bond acceptors (Lipinski definition) is 4. The molecule has 1 aromatic carbocycles. The first-order chi connectivity index (χ1) is 15.2. The topological polar surface area (TPSA) is 53.2 Å². The first kappa shape index (κ1) is 20.0. The third-order valence-electron chi connectivity index (χ3n) is 5.80. The third kappa shape index (κ3) is 4.27. The lowest BCUT2D eigenvalue weighted by Crippen LogP contribution is -2.36. The number of pyridine rings is 2. The zero-order valence-corrected chi connectivity index (χ0v) is 17.6. The van der Waals surface area contributed by atoms with Crippen molar-refractivity contribution in [1.29, 1.82) is 0 Å². The Balaban J connectivity index is 1.43. The lowest BCUT2D eigenvalue weighted by Gasteiger charge is -2.16. The summed E-state index contributed by atoms with van der Waals surface area (Å²) in [6.07, 6.45) is 11.7. The Morgan fingerprint density at radius 2 is 1.90 bits per heavy atom. The molecule has 0 aliphatic carbocycles. The van der Waals surface area contributed by atoms with Crippen molar-refractivity contribution in [3.8, 4) is 22.4 Å². The van der Waals surface area contributed by atoms with Gasteiger partial charge in [0.05, 0.1) is 11.9 Å². The highest BCUT2D eigenvalue weighted by molar-refractivity contribution is 6.30. The number of hydrazone groups is 1. The van der Waals surface area contributed by atoms with Crippen molar-refractivity contribution < 1.29 is 9.07 Å². The molecule has 1 unspecified atom stereocenters. The summed E-state index contributed by atoms with van der Waals surface area (Å²) in [6.45, 7) is 2.06. The normalized spacial score (nSPS) is 18.9. The molecule has 0 spiro atoms. The van der Waals surface area contributed by atoms with E-state index in [1.165, 1.54) is 12.1 Å². The van der Waals surface area contributed by atoms with Gasteiger partial charge in [-0.15, -0.1) is 0 Å². The number of hydrogen-bond donors (Lipinski definition) is 1. The maximum Gasteiger partial charge on any atom is 0.186 e. The van der Waals surface area contributed by atoms with E-state index in [9.17, 15) is 4.39 Å². The van der Waals surface area contributed by atoms with Crippen molar-refractivity contribution in [2.24, 2.45) is 5.10 Å². The monoisotopic (exact) mass is 434 g/mol. The van der Waals surface area contributed by atoms with Gasteiger partial charge in [-0.1, -0.05) is 16.3 Å². The average molecular weight is 435 g/mol. The summed E-state index contributed by atoms with van der Waals surface area (Å²) in [5.74, 6) is -0.260. The van der Waals surface area contributed by atoms with Crippen molar-refractivity contribution in [3.05, 3.63) is 71.4 Å². The molecule has 2 aromatic heterocycles. The summed E-state index contributed by atoms with van der Waals surface area (Å²) in [7, 11) is 0. The molecule has 31 heavy (non-hydrogen) atoms. The van der Waals surface area contributed by atoms with Gasteiger partial charge >= 0.3 is 0 Å². The highest BCUT2D eigenvalue weighted by Crippen LogP contribution is 2.29. The number of benzene rings is 1. The Morgan fingerprint density at radius 3 is 2.77 bits per heavy atom. The number of nitrogens with one attached hydrogen (secondary N) is 1. The molecule has 5 rings (SSSR count). The number of halogens is 2. The van der Waals surface area contributed by atoms with Crippen molar-refractivity contribution >= 4 is 24.0 Å². The van der Waals surface area contributed by atoms with E-state index in [4.69, 9.17) is 11.6 Å². The van der Waals surface area contributed by atoms with Crippen LogP contribution in [0.5, 0.6) is 0 Å². The van der Waals surface area contributed by atoms with Gasteiger partial charge in [0.15, 0.2) is 12.3 Å². The molecular weight excluding hydrogens is 413 g/mol. The third-order valence-corrected chi connectivity index (χ3v) is 6.03. The second kappa shape index (κ2) is 8.65. The first-order valence-electron chi connectivity index (χ1n) is 10.4. The number of rotatable bonds is 4. The predicted octanol–water partition coefficient (Wildman–Crippen LogP) is 4.52. The lowest BCUT2D eigenvalue weighted by molar-refractivity contribution is -0.567. The van der Waals surface area contributed by atoms with Gasteiger partial charge < -0.3 is 5.32 Å². The summed E-state index contributed by atoms with van der Waals surface area (Å²) < 4.78 is 16.4. The fraction of sp³-hybridized carbons (Fsp3) is 0.250. The molecule has 156 valence electrons. The van der Waals surface area contributed by atoms with Crippen LogP contribution in [0.4, 0.5) is 4.39 Å². The van der Waals surface area contributed by atoms with E-state index < -0.39 is 0 Å². The zero-order chi connectivity index (χ0) is 21.2. The van der Waals surface area contributed by atoms with Crippen LogP contribution in [0.2, 0.25) is 5.02 Å². The first-order valence-corrected chi connectivity index (χ1v) is 10.8. The molecule has 0 saturated carbocycles. The molecule has 2 aliphatic rings. The Labute approximate surface area is 185 Å². The van der Waals surface area contributed by atoms with Crippen molar-refractivity contribution in [3.63, 3.8) is 0 Å². The Bertz CT molecular complexity index is 1170. The maximum absolute atomic E-state index is 14.3. The Hall–Kier alpha value is -2.96. The molecule has 7 heteroatoms. The van der Waals surface area contributed by atoms with Gasteiger partial charge in [-0.3, -0.25) is 9.97 Å². The van der Waals surface area contributed by atoms with E-state index in [2.05, 4.69) is 37.4 Å². The number of nitrogens with zero attached hydrogens (tertiary/aromatic N) is 4. The van der Waals surface area contributed by atoms with Crippen LogP contribution in [-0.4, -0.2) is 46.2 Å². The maximum atomic E-state index is 14.3. The molecule has 3 aromatic rings. The molecule has 0 amide bonds. The zero-order valence-electron chi connectivity index (χ0n) is 16.9. The van der Waals surface area contributed by atoms with E-state index >= 15 is 0 Å². The van der Waals surface area contributed by atoms with Crippen LogP contribution in [0.25, 0.3) is 22.4 Å². The molecule has 0 bridgehead atoms. The van der Waals surface area contributed by atoms with Gasteiger partial charge in [0.2, 0.25) is 0 Å². The highest BCUT2D eigenvalue weighted by atomic mass is 35.5. The minimum absolute atomic E-state index is 0.0917. The SMILES string of the molecule is Fc1ccc(Cl)cc1-c1cc(-c2cncc(C3C=N[N+](C4CCNCC4)=C3)c2)ccn1. The van der Waals surface area contributed by atoms with Crippen molar-refractivity contribution in [2.45, 2.75) is 24.8 Å². The quantitative estimate of drug-likeness (QED) is 0.614. The molecule has 4 heterocycles. The van der Waals surface area contributed by atoms with Gasteiger partial charge in [-0.2, -0.15) is 0 Å². The smallest absolute Gasteiger partial charge is 0.186 e. The molecule has 0 radical (unpaired) electrons. The Kier molecular flexibility index (Phi) is 5.57. The van der Waals surface area contributed by atoms with Crippen LogP contribution >= 0.6 is 11.6 Å². The number of piperidine rings is 1. The second-order valence-electron chi connectivity index (χ2n) is 7.86. The summed E-state index contributed by atoms with van der Waals surface area (Å²) in [6, 6.07) is 10.8. The van der Waals surface area contributed by atoms with E-state index in [0.29, 0.717) is 22.3 Å². The van der Waals surface area contributed by atoms with Gasteiger partial charge in [-0.05, 0) is 52.6 Å². The van der Waals surface area contributed by atoms with Crippen molar-refractivity contribution in [1.82, 2.24) is 15.3 Å². The number of aromatic nitrogens is 2. The highest BCUT2D eigenvalue weighted by Gasteiger charge is 2.29. The molecule has 5 nitrogen and oxygen atoms in total. The molecule has 1 fully saturated rings. The predicted molar refractivity (Wildman–Crippen MR) is 121 cm³/mol. The Morgan fingerprint density at radius 1 is 1.03 bits per heavy atom. The molecule has 1 saturated heterocycles. The van der Waals surface area contributed by atoms with Crippen LogP contribution in [-0.2, 0) is 0 Å². The minimum Gasteiger partial charge on any atom is -0.316 e. The fourth-order valence-corrected chi connectivity index (χ4v) is 4.27. The fourth-order valence-electron chi connectivity index (χ4n) is 4.10. The van der Waals surface area contributed by atoms with E-state index in [1.54, 1.807) is 12.3 Å². The van der Waals surface area contributed by atoms with Crippen molar-refractivity contribution in [2.75, 3.05) is 13.1 Å². The molecular formula is C24H22ClFN5+. The van der Waals surface area contributed by atoms with Gasteiger partial charge in [0, 0.05) is 60.7 Å². The summed E-state index contributed by atoms with van der Waals surface area (Å²) in [4.78, 5) is 8.79. The standard InChI is InChI=1S/C24H22ClFN5/c25-20-1-2-23(26)22(11-20)24-10-16(3-8-29-24)17-9-18(13-28-12-17)19-14-30-31(15-19)21-4-6-27-7-5-21/h1-3,8-15,19,21,27H,4-7H2/q+1. The molecule has 1 N–H and O–H groups in total. The van der Waals surface area contributed by atoms with E-state index in [-0.39, 0.29) is 11.7 Å². The molecule has 2 aliphatic heterocycles. The van der Waals surface area contributed by atoms with Gasteiger partial charge in [0.25, 0.3) is 0 Å². The van der Waals surface area contributed by atoms with Crippen LogP contribution in [0.3, 0.4) is 0 Å². The average Bonchev–Trinajstić information content (AvgIpc) is 3.32. The minimum atomic E-state index is -0.351. The van der Waals surface area contributed by atoms with Crippen LogP contribution in [0, 0.1) is 5.82 Å². The lowest BCUT2D eigenvalue weighted by atomic mass is 9.98. The summed E-state index contributed by atoms with van der Waals surface area (Å²) in [5.41, 5.74) is 3.86. The van der Waals surface area contributed by atoms with E-state index in [1.807, 2.05) is 30.7 Å². The van der Waals surface area contributed by atoms with Crippen LogP contribution < -0.4 is 5.32 Å². The van der Waals surface area contributed by atoms with Gasteiger partial charge in [0.1, 0.15) is 11.7 Å². The van der Waals surface area contributed by atoms with Crippen LogP contribution in [0.15, 0.2) is 60.1 Å². The summed E-state index contributed by atoms with van der Waals surface area (Å²) in [5, 5.41) is 8.49. The largest absolute Gasteiger partial charge is 0.316 e. The second-order valence-corrected chi connectivity index (χ2v) is 8.30.